The van der Waals surface area contributed by atoms with Crippen LogP contribution in [-0.2, 0) is 6.54 Å². The maximum Gasteiger partial charge on any atom is 0.228 e. The summed E-state index contributed by atoms with van der Waals surface area (Å²) in [5.41, 5.74) is 2.41. The molecule has 0 spiro atoms. The Kier molecular flexibility index (Phi) is 4.65. The minimum Gasteiger partial charge on any atom is -0.309 e. The Balaban J connectivity index is 1.51. The van der Waals surface area contributed by atoms with E-state index in [0.29, 0.717) is 12.0 Å². The fraction of sp³-hybridized carbons (Fsp3) is 0.250. The molecule has 126 valence electrons. The lowest BCUT2D eigenvalue weighted by atomic mass is 10.1. The van der Waals surface area contributed by atoms with Crippen molar-refractivity contribution in [2.45, 2.75) is 25.4 Å². The zero-order valence-electron chi connectivity index (χ0n) is 14.0. The summed E-state index contributed by atoms with van der Waals surface area (Å²) in [5.74, 6) is 1.36. The quantitative estimate of drug-likeness (QED) is 0.767. The Morgan fingerprint density at radius 3 is 2.68 bits per heavy atom. The van der Waals surface area contributed by atoms with E-state index in [-0.39, 0.29) is 0 Å². The van der Waals surface area contributed by atoms with E-state index in [2.05, 4.69) is 50.5 Å². The van der Waals surface area contributed by atoms with Crippen molar-refractivity contribution in [3.05, 3.63) is 78.2 Å². The topological polar surface area (TPSA) is 53.9 Å². The largest absolute Gasteiger partial charge is 0.309 e. The van der Waals surface area contributed by atoms with Gasteiger partial charge in [0.05, 0.1) is 11.7 Å². The second-order valence-electron chi connectivity index (χ2n) is 6.26. The molecule has 5 nitrogen and oxygen atoms in total. The molecule has 1 aliphatic heterocycles. The number of pyridine rings is 1. The third kappa shape index (κ3) is 3.83. The van der Waals surface area contributed by atoms with Gasteiger partial charge in [-0.25, -0.2) is 15.0 Å². The predicted molar refractivity (Wildman–Crippen MR) is 98.4 cm³/mol. The number of likely N-dealkylation sites (tertiary alicyclic amines) is 1. The molecule has 0 amide bonds. The summed E-state index contributed by atoms with van der Waals surface area (Å²) in [6.45, 7) is 2.06. The molecule has 2 aromatic heterocycles. The highest BCUT2D eigenvalue weighted by Gasteiger charge is 2.27. The average Bonchev–Trinajstić information content (AvgIpc) is 3.12. The van der Waals surface area contributed by atoms with Gasteiger partial charge in [0.15, 0.2) is 0 Å². The van der Waals surface area contributed by atoms with Crippen molar-refractivity contribution >= 4 is 11.8 Å². The van der Waals surface area contributed by atoms with Gasteiger partial charge in [-0.05, 0) is 43.1 Å². The van der Waals surface area contributed by atoms with E-state index in [1.54, 1.807) is 6.20 Å². The van der Waals surface area contributed by atoms with Crippen LogP contribution in [0.2, 0.25) is 0 Å². The summed E-state index contributed by atoms with van der Waals surface area (Å²) in [6.07, 6.45) is 5.91. The first-order valence-electron chi connectivity index (χ1n) is 8.67. The monoisotopic (exact) mass is 331 g/mol. The van der Waals surface area contributed by atoms with Gasteiger partial charge >= 0.3 is 0 Å². The molecule has 5 heteroatoms. The smallest absolute Gasteiger partial charge is 0.228 e. The van der Waals surface area contributed by atoms with E-state index in [0.717, 1.165) is 31.0 Å². The number of rotatable bonds is 5. The fourth-order valence-electron chi connectivity index (χ4n) is 3.34. The molecular weight excluding hydrogens is 310 g/mol. The number of nitrogens with zero attached hydrogens (tertiary/aromatic N) is 4. The second-order valence-corrected chi connectivity index (χ2v) is 6.26. The third-order valence-electron chi connectivity index (χ3n) is 4.52. The molecule has 0 radical (unpaired) electrons. The van der Waals surface area contributed by atoms with Gasteiger partial charge < -0.3 is 5.32 Å². The molecule has 4 rings (SSSR count). The van der Waals surface area contributed by atoms with Crippen LogP contribution < -0.4 is 5.32 Å². The van der Waals surface area contributed by atoms with Crippen LogP contribution in [0.1, 0.15) is 30.1 Å². The number of hydrogen-bond acceptors (Lipinski definition) is 5. The Hall–Kier alpha value is -2.79. The molecule has 0 bridgehead atoms. The standard InChI is InChI=1S/C20H21N5/c1-2-7-16(8-3-1)15-25-14-6-9-18(25)17-11-13-22-20(23-17)24-19-10-4-5-12-21-19/h1-5,7-8,10-13,18H,6,9,14-15H2,(H,21,22,23,24). The maximum absolute atomic E-state index is 4.74. The number of aromatic nitrogens is 3. The maximum atomic E-state index is 4.74. The van der Waals surface area contributed by atoms with Gasteiger partial charge in [-0.15, -0.1) is 0 Å². The Morgan fingerprint density at radius 1 is 0.960 bits per heavy atom. The van der Waals surface area contributed by atoms with Crippen molar-refractivity contribution in [2.24, 2.45) is 0 Å². The minimum absolute atomic E-state index is 0.340. The van der Waals surface area contributed by atoms with E-state index in [1.165, 1.54) is 12.0 Å². The summed E-state index contributed by atoms with van der Waals surface area (Å²) in [5, 5.41) is 3.18. The molecule has 1 unspecified atom stereocenters. The highest BCUT2D eigenvalue weighted by molar-refractivity contribution is 5.46. The summed E-state index contributed by atoms with van der Waals surface area (Å²) in [7, 11) is 0. The minimum atomic E-state index is 0.340. The van der Waals surface area contributed by atoms with Crippen molar-refractivity contribution in [3.8, 4) is 0 Å². The van der Waals surface area contributed by atoms with Crippen molar-refractivity contribution in [3.63, 3.8) is 0 Å². The van der Waals surface area contributed by atoms with Crippen LogP contribution in [0.3, 0.4) is 0 Å². The van der Waals surface area contributed by atoms with Crippen molar-refractivity contribution in [2.75, 3.05) is 11.9 Å². The van der Waals surface area contributed by atoms with E-state index in [9.17, 15) is 0 Å². The Labute approximate surface area is 147 Å². The summed E-state index contributed by atoms with van der Waals surface area (Å²) in [4.78, 5) is 15.8. The van der Waals surface area contributed by atoms with Gasteiger partial charge in [0, 0.05) is 18.9 Å². The van der Waals surface area contributed by atoms with E-state index < -0.39 is 0 Å². The Bertz CT molecular complexity index is 807. The average molecular weight is 331 g/mol. The van der Waals surface area contributed by atoms with Crippen LogP contribution in [0.4, 0.5) is 11.8 Å². The lowest BCUT2D eigenvalue weighted by Gasteiger charge is -2.24. The fourth-order valence-corrected chi connectivity index (χ4v) is 3.34. The molecule has 1 saturated heterocycles. The summed E-state index contributed by atoms with van der Waals surface area (Å²) >= 11 is 0. The molecule has 1 aliphatic rings. The Morgan fingerprint density at radius 2 is 1.84 bits per heavy atom. The predicted octanol–water partition coefficient (Wildman–Crippen LogP) is 3.95. The summed E-state index contributed by atoms with van der Waals surface area (Å²) in [6, 6.07) is 18.7. The van der Waals surface area contributed by atoms with E-state index in [1.807, 2.05) is 30.5 Å². The second kappa shape index (κ2) is 7.40. The van der Waals surface area contributed by atoms with Crippen LogP contribution in [0, 0.1) is 0 Å². The van der Waals surface area contributed by atoms with Gasteiger partial charge in [-0.3, -0.25) is 4.90 Å². The lowest BCUT2D eigenvalue weighted by Crippen LogP contribution is -2.23. The van der Waals surface area contributed by atoms with Gasteiger partial charge in [0.25, 0.3) is 0 Å². The zero-order chi connectivity index (χ0) is 16.9. The molecule has 1 N–H and O–H groups in total. The van der Waals surface area contributed by atoms with Crippen LogP contribution in [0.5, 0.6) is 0 Å². The van der Waals surface area contributed by atoms with Crippen molar-refractivity contribution in [1.29, 1.82) is 0 Å². The first-order valence-corrected chi connectivity index (χ1v) is 8.67. The lowest BCUT2D eigenvalue weighted by molar-refractivity contribution is 0.244. The highest BCUT2D eigenvalue weighted by atomic mass is 15.2. The first kappa shape index (κ1) is 15.7. The van der Waals surface area contributed by atoms with E-state index in [4.69, 9.17) is 4.98 Å². The molecule has 3 heterocycles. The van der Waals surface area contributed by atoms with Gasteiger partial charge in [-0.2, -0.15) is 0 Å². The van der Waals surface area contributed by atoms with Crippen molar-refractivity contribution in [1.82, 2.24) is 19.9 Å². The molecule has 0 saturated carbocycles. The van der Waals surface area contributed by atoms with Crippen molar-refractivity contribution < 1.29 is 0 Å². The molecular formula is C20H21N5. The first-order chi connectivity index (χ1) is 12.4. The van der Waals surface area contributed by atoms with E-state index >= 15 is 0 Å². The zero-order valence-corrected chi connectivity index (χ0v) is 14.0. The third-order valence-corrected chi connectivity index (χ3v) is 4.52. The molecule has 1 aromatic carbocycles. The molecule has 3 aromatic rings. The molecule has 0 aliphatic carbocycles. The number of benzene rings is 1. The van der Waals surface area contributed by atoms with Crippen LogP contribution in [0.15, 0.2) is 67.0 Å². The number of hydrogen-bond donors (Lipinski definition) is 1. The van der Waals surface area contributed by atoms with Gasteiger partial charge in [0.1, 0.15) is 5.82 Å². The highest BCUT2D eigenvalue weighted by Crippen LogP contribution is 2.32. The molecule has 25 heavy (non-hydrogen) atoms. The number of anilines is 2. The van der Waals surface area contributed by atoms with Crippen LogP contribution in [0.25, 0.3) is 0 Å². The number of nitrogens with one attached hydrogen (secondary N) is 1. The summed E-state index contributed by atoms with van der Waals surface area (Å²) < 4.78 is 0. The van der Waals surface area contributed by atoms with Crippen LogP contribution >= 0.6 is 0 Å². The normalized spacial score (nSPS) is 17.5. The van der Waals surface area contributed by atoms with Gasteiger partial charge in [-0.1, -0.05) is 36.4 Å². The SMILES string of the molecule is c1ccc(CN2CCCC2c2ccnc(Nc3ccccn3)n2)cc1. The molecule has 1 fully saturated rings. The van der Waals surface area contributed by atoms with Crippen LogP contribution in [-0.4, -0.2) is 26.4 Å². The molecule has 1 atom stereocenters. The van der Waals surface area contributed by atoms with Gasteiger partial charge in [0.2, 0.25) is 5.95 Å².